The number of carbonyl (C=O) groups excluding carboxylic acids is 2. The average molecular weight is 531 g/mol. The maximum absolute atomic E-state index is 12.7. The molecular formula is C22H28Cl2N4O5S. The van der Waals surface area contributed by atoms with Crippen molar-refractivity contribution in [2.45, 2.75) is 17.9 Å². The predicted molar refractivity (Wildman–Crippen MR) is 132 cm³/mol. The molecule has 186 valence electrons. The molecule has 0 bridgehead atoms. The van der Waals surface area contributed by atoms with Crippen molar-refractivity contribution in [3.8, 4) is 0 Å². The number of benzene rings is 2. The molecule has 0 aromatic heterocycles. The molecule has 2 aromatic rings. The highest BCUT2D eigenvalue weighted by Gasteiger charge is 2.30. The Balaban J connectivity index is 0.00000204. The van der Waals surface area contributed by atoms with Crippen molar-refractivity contribution < 1.29 is 23.5 Å². The van der Waals surface area contributed by atoms with Crippen LogP contribution in [0.5, 0.6) is 0 Å². The zero-order chi connectivity index (χ0) is 22.9. The van der Waals surface area contributed by atoms with Gasteiger partial charge in [0, 0.05) is 50.4 Å². The number of fused-ring (bicyclic) bond motifs is 1. The van der Waals surface area contributed by atoms with Gasteiger partial charge in [-0.1, -0.05) is 29.8 Å². The topological polar surface area (TPSA) is 136 Å². The highest BCUT2D eigenvalue weighted by molar-refractivity contribution is 7.89. The molecular weight excluding hydrogens is 503 g/mol. The molecule has 12 heteroatoms. The van der Waals surface area contributed by atoms with Crippen molar-refractivity contribution in [3.05, 3.63) is 64.2 Å². The van der Waals surface area contributed by atoms with Crippen LogP contribution in [0.1, 0.15) is 32.7 Å². The van der Waals surface area contributed by atoms with E-state index in [0.717, 1.165) is 26.1 Å². The third-order valence-corrected chi connectivity index (χ3v) is 7.30. The maximum Gasteiger partial charge on any atom is 0.254 e. The minimum atomic E-state index is -3.99. The molecule has 0 spiro atoms. The van der Waals surface area contributed by atoms with Gasteiger partial charge < -0.3 is 15.3 Å². The maximum atomic E-state index is 12.7. The fourth-order valence-electron chi connectivity index (χ4n) is 4.19. The number of nitrogens with two attached hydrogens (primary N) is 1. The van der Waals surface area contributed by atoms with Gasteiger partial charge in [-0.3, -0.25) is 14.5 Å². The number of hydrogen-bond acceptors (Lipinski definition) is 5. The molecule has 2 amide bonds. The zero-order valence-corrected chi connectivity index (χ0v) is 20.8. The number of piperazine rings is 1. The van der Waals surface area contributed by atoms with E-state index in [4.69, 9.17) is 16.7 Å². The van der Waals surface area contributed by atoms with E-state index in [-0.39, 0.29) is 39.6 Å². The van der Waals surface area contributed by atoms with Gasteiger partial charge in [-0.05, 0) is 42.8 Å². The van der Waals surface area contributed by atoms with E-state index < -0.39 is 10.0 Å². The van der Waals surface area contributed by atoms with Crippen molar-refractivity contribution in [1.82, 2.24) is 14.7 Å². The van der Waals surface area contributed by atoms with E-state index in [1.165, 1.54) is 12.1 Å². The van der Waals surface area contributed by atoms with Crippen LogP contribution in [0.15, 0.2) is 47.4 Å². The van der Waals surface area contributed by atoms with Crippen LogP contribution in [0.4, 0.5) is 0 Å². The van der Waals surface area contributed by atoms with E-state index in [1.807, 2.05) is 35.2 Å². The summed E-state index contributed by atoms with van der Waals surface area (Å²) in [6.45, 7) is 4.71. The minimum Gasteiger partial charge on any atom is -0.412 e. The van der Waals surface area contributed by atoms with Crippen LogP contribution in [0.3, 0.4) is 0 Å². The van der Waals surface area contributed by atoms with Crippen LogP contribution in [0.25, 0.3) is 0 Å². The first-order chi connectivity index (χ1) is 15.2. The quantitative estimate of drug-likeness (QED) is 0.601. The molecule has 0 aliphatic carbocycles. The Labute approximate surface area is 210 Å². The second-order valence-corrected chi connectivity index (χ2v) is 10.0. The molecule has 0 radical (unpaired) electrons. The average Bonchev–Trinajstić information content (AvgIpc) is 3.07. The minimum absolute atomic E-state index is 0. The van der Waals surface area contributed by atoms with E-state index in [0.29, 0.717) is 42.9 Å². The van der Waals surface area contributed by atoms with Crippen molar-refractivity contribution >= 4 is 45.8 Å². The smallest absolute Gasteiger partial charge is 0.254 e. The summed E-state index contributed by atoms with van der Waals surface area (Å²) in [5.74, 6) is -0.150. The van der Waals surface area contributed by atoms with Gasteiger partial charge in [0.2, 0.25) is 10.0 Å². The highest BCUT2D eigenvalue weighted by Crippen LogP contribution is 2.30. The molecule has 4 N–H and O–H groups in total. The first kappa shape index (κ1) is 28.0. The first-order valence-electron chi connectivity index (χ1n) is 10.5. The monoisotopic (exact) mass is 530 g/mol. The van der Waals surface area contributed by atoms with Gasteiger partial charge in [-0.15, -0.1) is 12.4 Å². The van der Waals surface area contributed by atoms with Crippen LogP contribution in [0, 0.1) is 0 Å². The zero-order valence-electron chi connectivity index (χ0n) is 18.4. The SMILES string of the molecule is Cl.NS(=O)(=O)c1cc2c(cc1Cl)CN(CCCN1CCN(C(=O)c3ccccc3)CC1)C2=O.O. The van der Waals surface area contributed by atoms with E-state index in [1.54, 1.807) is 4.90 Å². The van der Waals surface area contributed by atoms with Crippen molar-refractivity contribution in [3.63, 3.8) is 0 Å². The van der Waals surface area contributed by atoms with Gasteiger partial charge in [0.1, 0.15) is 4.90 Å². The van der Waals surface area contributed by atoms with E-state index in [2.05, 4.69) is 4.90 Å². The van der Waals surface area contributed by atoms with Gasteiger partial charge in [0.25, 0.3) is 11.8 Å². The molecule has 0 atom stereocenters. The third kappa shape index (κ3) is 6.07. The van der Waals surface area contributed by atoms with Crippen molar-refractivity contribution in [2.75, 3.05) is 39.3 Å². The second kappa shape index (κ2) is 11.5. The van der Waals surface area contributed by atoms with Crippen LogP contribution in [-0.2, 0) is 16.6 Å². The number of rotatable bonds is 6. The molecule has 9 nitrogen and oxygen atoms in total. The number of amides is 2. The first-order valence-corrected chi connectivity index (χ1v) is 12.4. The van der Waals surface area contributed by atoms with E-state index in [9.17, 15) is 18.0 Å². The Morgan fingerprint density at radius 2 is 1.68 bits per heavy atom. The van der Waals surface area contributed by atoms with E-state index >= 15 is 0 Å². The summed E-state index contributed by atoms with van der Waals surface area (Å²) in [4.78, 5) is 30.9. The lowest BCUT2D eigenvalue weighted by Gasteiger charge is -2.35. The molecule has 0 saturated carbocycles. The fourth-order valence-corrected chi connectivity index (χ4v) is 5.32. The van der Waals surface area contributed by atoms with Gasteiger partial charge >= 0.3 is 0 Å². The summed E-state index contributed by atoms with van der Waals surface area (Å²) in [6, 6.07) is 12.1. The molecule has 4 rings (SSSR count). The Kier molecular flexibility index (Phi) is 9.46. The number of nitrogens with zero attached hydrogens (tertiary/aromatic N) is 3. The fraction of sp³-hybridized carbons (Fsp3) is 0.364. The number of carbonyl (C=O) groups is 2. The number of halogens is 2. The normalized spacial score (nSPS) is 16.0. The number of sulfonamides is 1. The Morgan fingerprint density at radius 1 is 1.03 bits per heavy atom. The lowest BCUT2D eigenvalue weighted by Crippen LogP contribution is -2.49. The third-order valence-electron chi connectivity index (χ3n) is 5.93. The summed E-state index contributed by atoms with van der Waals surface area (Å²) in [5, 5.41) is 5.22. The number of primary sulfonamides is 1. The summed E-state index contributed by atoms with van der Waals surface area (Å²) in [7, 11) is -3.99. The highest BCUT2D eigenvalue weighted by atomic mass is 35.5. The van der Waals surface area contributed by atoms with Crippen molar-refractivity contribution in [2.24, 2.45) is 5.14 Å². The molecule has 2 aliphatic rings. The van der Waals surface area contributed by atoms with Gasteiger partial charge in [0.05, 0.1) is 5.02 Å². The number of hydrogen-bond donors (Lipinski definition) is 1. The Morgan fingerprint density at radius 3 is 2.29 bits per heavy atom. The largest absolute Gasteiger partial charge is 0.412 e. The molecule has 2 heterocycles. The predicted octanol–water partition coefficient (Wildman–Crippen LogP) is 1.39. The summed E-state index contributed by atoms with van der Waals surface area (Å²) in [5.41, 5.74) is 1.76. The Bertz CT molecular complexity index is 1140. The van der Waals surface area contributed by atoms with Crippen molar-refractivity contribution in [1.29, 1.82) is 0 Å². The van der Waals surface area contributed by atoms with Gasteiger partial charge in [0.15, 0.2) is 0 Å². The van der Waals surface area contributed by atoms with Crippen LogP contribution < -0.4 is 5.14 Å². The molecule has 2 aliphatic heterocycles. The lowest BCUT2D eigenvalue weighted by atomic mass is 10.1. The molecule has 34 heavy (non-hydrogen) atoms. The van der Waals surface area contributed by atoms with Crippen LogP contribution >= 0.6 is 24.0 Å². The summed E-state index contributed by atoms with van der Waals surface area (Å²) < 4.78 is 23.3. The standard InChI is InChI=1S/C22H25ClN4O4S.ClH.H2O/c23-19-13-17-15-27(22(29)18(17)14-20(19)32(24,30)31)8-4-7-25-9-11-26(12-10-25)21(28)16-5-2-1-3-6-16;;/h1-3,5-6,13-14H,4,7-12,15H2,(H2,24,30,31);1H;1H2. The van der Waals surface area contributed by atoms with Gasteiger partial charge in [-0.25, -0.2) is 13.6 Å². The molecule has 2 aromatic carbocycles. The molecule has 1 fully saturated rings. The summed E-state index contributed by atoms with van der Waals surface area (Å²) >= 11 is 6.04. The summed E-state index contributed by atoms with van der Waals surface area (Å²) in [6.07, 6.45) is 0.780. The van der Waals surface area contributed by atoms with Crippen LogP contribution in [-0.4, -0.2) is 79.7 Å². The van der Waals surface area contributed by atoms with Crippen LogP contribution in [0.2, 0.25) is 5.02 Å². The molecule has 0 unspecified atom stereocenters. The second-order valence-electron chi connectivity index (χ2n) is 8.06. The molecule has 1 saturated heterocycles. The van der Waals surface area contributed by atoms with Gasteiger partial charge in [-0.2, -0.15) is 0 Å². The lowest BCUT2D eigenvalue weighted by molar-refractivity contribution is 0.0622. The Hall–Kier alpha value is -2.21.